The number of nitrogens with zero attached hydrogens (tertiary/aromatic N) is 3. The van der Waals surface area contributed by atoms with E-state index in [4.69, 9.17) is 11.6 Å². The summed E-state index contributed by atoms with van der Waals surface area (Å²) in [6.45, 7) is 6.95. The first kappa shape index (κ1) is 14.0. The molecule has 1 atom stereocenters. The fourth-order valence-corrected chi connectivity index (χ4v) is 2.31. The Balaban J connectivity index is 2.03. The van der Waals surface area contributed by atoms with E-state index in [2.05, 4.69) is 36.2 Å². The molecule has 0 aliphatic rings. The van der Waals surface area contributed by atoms with Crippen molar-refractivity contribution in [2.45, 2.75) is 39.4 Å². The molecule has 0 spiro atoms. The third-order valence-electron chi connectivity index (χ3n) is 3.07. The predicted octanol–water partition coefficient (Wildman–Crippen LogP) is 3.36. The van der Waals surface area contributed by atoms with Crippen molar-refractivity contribution in [3.63, 3.8) is 0 Å². The summed E-state index contributed by atoms with van der Waals surface area (Å²) >= 11 is 6.19. The number of aromatic nitrogens is 3. The quantitative estimate of drug-likeness (QED) is 0.912. The first-order valence-corrected chi connectivity index (χ1v) is 6.83. The van der Waals surface area contributed by atoms with Gasteiger partial charge in [0.2, 0.25) is 0 Å². The molecule has 0 radical (unpaired) electrons. The minimum absolute atomic E-state index is 0.172. The average molecular weight is 279 g/mol. The lowest BCUT2D eigenvalue weighted by molar-refractivity contribution is 0.473. The second kappa shape index (κ2) is 6.17. The molecule has 0 fully saturated rings. The van der Waals surface area contributed by atoms with Crippen LogP contribution in [0.3, 0.4) is 0 Å². The molecular formula is C14H19ClN4. The maximum atomic E-state index is 6.19. The predicted molar refractivity (Wildman–Crippen MR) is 77.1 cm³/mol. The Morgan fingerprint density at radius 1 is 1.26 bits per heavy atom. The molecule has 1 N–H and O–H groups in total. The van der Waals surface area contributed by atoms with Crippen LogP contribution >= 0.6 is 11.6 Å². The van der Waals surface area contributed by atoms with Crippen molar-refractivity contribution >= 4 is 11.6 Å². The second-order valence-electron chi connectivity index (χ2n) is 4.84. The Morgan fingerprint density at radius 3 is 2.68 bits per heavy atom. The van der Waals surface area contributed by atoms with Gasteiger partial charge in [0.15, 0.2) is 0 Å². The van der Waals surface area contributed by atoms with Crippen LogP contribution in [-0.2, 0) is 6.54 Å². The summed E-state index contributed by atoms with van der Waals surface area (Å²) in [6.07, 6.45) is 1.59. The van der Waals surface area contributed by atoms with Crippen molar-refractivity contribution in [2.75, 3.05) is 0 Å². The Labute approximate surface area is 118 Å². The highest BCUT2D eigenvalue weighted by atomic mass is 35.5. The lowest BCUT2D eigenvalue weighted by Gasteiger charge is -2.16. The summed E-state index contributed by atoms with van der Waals surface area (Å²) in [7, 11) is 0. The van der Waals surface area contributed by atoms with E-state index in [9.17, 15) is 0 Å². The molecule has 1 aromatic heterocycles. The van der Waals surface area contributed by atoms with E-state index in [1.54, 1.807) is 6.33 Å². The zero-order valence-electron chi connectivity index (χ0n) is 11.5. The van der Waals surface area contributed by atoms with Gasteiger partial charge in [-0.25, -0.2) is 9.67 Å². The van der Waals surface area contributed by atoms with Gasteiger partial charge in [-0.1, -0.05) is 29.8 Å². The third kappa shape index (κ3) is 3.33. The number of rotatable bonds is 5. The first-order valence-electron chi connectivity index (χ1n) is 6.45. The summed E-state index contributed by atoms with van der Waals surface area (Å²) in [5.41, 5.74) is 1.10. The van der Waals surface area contributed by atoms with E-state index in [0.29, 0.717) is 12.6 Å². The van der Waals surface area contributed by atoms with Crippen molar-refractivity contribution in [1.82, 2.24) is 20.1 Å². The van der Waals surface area contributed by atoms with Crippen LogP contribution in [0.4, 0.5) is 0 Å². The van der Waals surface area contributed by atoms with Gasteiger partial charge in [-0.05, 0) is 32.4 Å². The molecule has 102 valence electrons. The minimum Gasteiger partial charge on any atom is -0.303 e. The fraction of sp³-hybridized carbons (Fsp3) is 0.429. The number of hydrogen-bond acceptors (Lipinski definition) is 3. The molecule has 0 saturated heterocycles. The Hall–Kier alpha value is -1.39. The molecule has 5 heteroatoms. The van der Waals surface area contributed by atoms with Crippen molar-refractivity contribution in [2.24, 2.45) is 0 Å². The van der Waals surface area contributed by atoms with Gasteiger partial charge in [0.25, 0.3) is 0 Å². The van der Waals surface area contributed by atoms with Crippen molar-refractivity contribution in [3.05, 3.63) is 47.0 Å². The third-order valence-corrected chi connectivity index (χ3v) is 3.42. The molecule has 0 aliphatic carbocycles. The minimum atomic E-state index is 0.172. The molecule has 1 aromatic carbocycles. The highest BCUT2D eigenvalue weighted by Gasteiger charge is 2.11. The van der Waals surface area contributed by atoms with E-state index in [0.717, 1.165) is 16.4 Å². The number of hydrogen-bond donors (Lipinski definition) is 1. The van der Waals surface area contributed by atoms with Crippen LogP contribution in [-0.4, -0.2) is 14.8 Å². The highest BCUT2D eigenvalue weighted by molar-refractivity contribution is 6.31. The van der Waals surface area contributed by atoms with Crippen LogP contribution in [0.2, 0.25) is 5.02 Å². The smallest absolute Gasteiger partial charge is 0.141 e. The maximum Gasteiger partial charge on any atom is 0.141 e. The highest BCUT2D eigenvalue weighted by Crippen LogP contribution is 2.22. The van der Waals surface area contributed by atoms with Gasteiger partial charge in [0.1, 0.15) is 12.2 Å². The van der Waals surface area contributed by atoms with Crippen LogP contribution in [0.25, 0.3) is 0 Å². The lowest BCUT2D eigenvalue weighted by atomic mass is 10.1. The fourth-order valence-electron chi connectivity index (χ4n) is 2.01. The van der Waals surface area contributed by atoms with Crippen LogP contribution < -0.4 is 5.32 Å². The van der Waals surface area contributed by atoms with E-state index >= 15 is 0 Å². The van der Waals surface area contributed by atoms with Gasteiger partial charge < -0.3 is 5.32 Å². The average Bonchev–Trinajstić information content (AvgIpc) is 2.85. The molecule has 19 heavy (non-hydrogen) atoms. The molecule has 2 rings (SSSR count). The lowest BCUT2D eigenvalue weighted by Crippen LogP contribution is -2.22. The monoisotopic (exact) mass is 278 g/mol. The molecule has 0 saturated carbocycles. The topological polar surface area (TPSA) is 42.7 Å². The maximum absolute atomic E-state index is 6.19. The van der Waals surface area contributed by atoms with Gasteiger partial charge in [-0.15, -0.1) is 0 Å². The summed E-state index contributed by atoms with van der Waals surface area (Å²) in [4.78, 5) is 4.28. The first-order chi connectivity index (χ1) is 9.09. The Kier molecular flexibility index (Phi) is 4.56. The van der Waals surface area contributed by atoms with Crippen LogP contribution in [0, 0.1) is 0 Å². The van der Waals surface area contributed by atoms with Crippen LogP contribution in [0.1, 0.15) is 44.2 Å². The largest absolute Gasteiger partial charge is 0.303 e. The van der Waals surface area contributed by atoms with Gasteiger partial charge in [-0.3, -0.25) is 0 Å². The van der Waals surface area contributed by atoms with Gasteiger partial charge >= 0.3 is 0 Å². The SMILES string of the molecule is CC(NCc1ncnn1C(C)C)c1ccccc1Cl. The van der Waals surface area contributed by atoms with Crippen LogP contribution in [0.15, 0.2) is 30.6 Å². The van der Waals surface area contributed by atoms with E-state index in [-0.39, 0.29) is 6.04 Å². The Morgan fingerprint density at radius 2 is 2.00 bits per heavy atom. The standard InChI is InChI=1S/C14H19ClN4/c1-10(2)19-14(17-9-18-19)8-16-11(3)12-6-4-5-7-13(12)15/h4-7,9-11,16H,8H2,1-3H3. The van der Waals surface area contributed by atoms with Crippen LogP contribution in [0.5, 0.6) is 0 Å². The molecular weight excluding hydrogens is 260 g/mol. The summed E-state index contributed by atoms with van der Waals surface area (Å²) in [5, 5.41) is 8.44. The number of nitrogens with one attached hydrogen (secondary N) is 1. The molecule has 0 amide bonds. The molecule has 2 aromatic rings. The second-order valence-corrected chi connectivity index (χ2v) is 5.25. The van der Waals surface area contributed by atoms with E-state index in [1.165, 1.54) is 0 Å². The Bertz CT molecular complexity index is 536. The number of halogens is 1. The summed E-state index contributed by atoms with van der Waals surface area (Å²) in [6, 6.07) is 8.36. The summed E-state index contributed by atoms with van der Waals surface area (Å²) in [5.74, 6) is 0.939. The molecule has 4 nitrogen and oxygen atoms in total. The molecule has 1 unspecified atom stereocenters. The normalized spacial score (nSPS) is 12.9. The van der Waals surface area contributed by atoms with E-state index < -0.39 is 0 Å². The zero-order chi connectivity index (χ0) is 13.8. The van der Waals surface area contributed by atoms with Crippen molar-refractivity contribution in [3.8, 4) is 0 Å². The van der Waals surface area contributed by atoms with E-state index in [1.807, 2.05) is 28.9 Å². The molecule has 0 bridgehead atoms. The summed E-state index contributed by atoms with van der Waals surface area (Å²) < 4.78 is 1.92. The van der Waals surface area contributed by atoms with Gasteiger partial charge in [-0.2, -0.15) is 5.10 Å². The number of benzene rings is 1. The molecule has 1 heterocycles. The molecule has 0 aliphatic heterocycles. The zero-order valence-corrected chi connectivity index (χ0v) is 12.2. The van der Waals surface area contributed by atoms with Crippen molar-refractivity contribution < 1.29 is 0 Å². The van der Waals surface area contributed by atoms with Gasteiger partial charge in [0, 0.05) is 17.1 Å². The van der Waals surface area contributed by atoms with Gasteiger partial charge in [0.05, 0.1) is 6.54 Å². The van der Waals surface area contributed by atoms with Crippen molar-refractivity contribution in [1.29, 1.82) is 0 Å².